The first kappa shape index (κ1) is 23.9. The van der Waals surface area contributed by atoms with Crippen molar-refractivity contribution in [2.24, 2.45) is 16.8 Å². The fraction of sp³-hybridized carbons (Fsp3) is 0.944. The van der Waals surface area contributed by atoms with Crippen molar-refractivity contribution < 1.29 is 4.74 Å². The summed E-state index contributed by atoms with van der Waals surface area (Å²) in [6.45, 7) is 13.8. The van der Waals surface area contributed by atoms with Crippen molar-refractivity contribution in [3.63, 3.8) is 0 Å². The number of aliphatic imine (C=N–C) groups is 1. The molecule has 1 saturated heterocycles. The van der Waals surface area contributed by atoms with Crippen molar-refractivity contribution in [2.45, 2.75) is 46.5 Å². The van der Waals surface area contributed by atoms with Gasteiger partial charge in [-0.05, 0) is 18.3 Å². The number of morpholine rings is 1. The van der Waals surface area contributed by atoms with E-state index in [0.29, 0.717) is 5.92 Å². The molecule has 2 unspecified atom stereocenters. The van der Waals surface area contributed by atoms with Gasteiger partial charge in [-0.25, -0.2) is 0 Å². The number of hydrogen-bond donors (Lipinski definition) is 2. The van der Waals surface area contributed by atoms with Crippen LogP contribution in [0.2, 0.25) is 0 Å². The Hall–Kier alpha value is -0.0800. The standard InChI is InChI=1S/C18H38N4O.HI/c1-5-7-8-17(6-2)14-21-18(19-4)20-13-16(3)15-22-9-11-23-12-10-22;/h16-17H,5-15H2,1-4H3,(H2,19,20,21);1H. The van der Waals surface area contributed by atoms with Crippen molar-refractivity contribution >= 4 is 29.9 Å². The molecule has 0 aromatic carbocycles. The van der Waals surface area contributed by atoms with Crippen LogP contribution in [0.4, 0.5) is 0 Å². The Labute approximate surface area is 166 Å². The zero-order chi connectivity index (χ0) is 16.9. The molecule has 1 heterocycles. The molecule has 0 spiro atoms. The number of halogens is 1. The van der Waals surface area contributed by atoms with E-state index >= 15 is 0 Å². The van der Waals surface area contributed by atoms with E-state index in [1.807, 2.05) is 7.05 Å². The number of ether oxygens (including phenoxy) is 1. The number of nitrogens with zero attached hydrogens (tertiary/aromatic N) is 2. The van der Waals surface area contributed by atoms with Gasteiger partial charge in [0.25, 0.3) is 0 Å². The number of rotatable bonds is 10. The van der Waals surface area contributed by atoms with E-state index in [9.17, 15) is 0 Å². The Kier molecular flexibility index (Phi) is 15.1. The molecule has 6 heteroatoms. The minimum atomic E-state index is 0. The van der Waals surface area contributed by atoms with Crippen LogP contribution < -0.4 is 10.6 Å². The van der Waals surface area contributed by atoms with E-state index in [-0.39, 0.29) is 24.0 Å². The van der Waals surface area contributed by atoms with Crippen molar-refractivity contribution in [2.75, 3.05) is 53.0 Å². The van der Waals surface area contributed by atoms with Crippen LogP contribution in [-0.2, 0) is 4.74 Å². The summed E-state index contributed by atoms with van der Waals surface area (Å²) < 4.78 is 5.40. The molecule has 0 bridgehead atoms. The monoisotopic (exact) mass is 454 g/mol. The van der Waals surface area contributed by atoms with Gasteiger partial charge in [-0.15, -0.1) is 24.0 Å². The van der Waals surface area contributed by atoms with E-state index in [4.69, 9.17) is 4.74 Å². The fourth-order valence-corrected chi connectivity index (χ4v) is 2.96. The highest BCUT2D eigenvalue weighted by molar-refractivity contribution is 14.0. The summed E-state index contributed by atoms with van der Waals surface area (Å²) in [5.41, 5.74) is 0. The molecule has 1 rings (SSSR count). The summed E-state index contributed by atoms with van der Waals surface area (Å²) in [5, 5.41) is 6.97. The smallest absolute Gasteiger partial charge is 0.190 e. The van der Waals surface area contributed by atoms with Crippen molar-refractivity contribution in [3.8, 4) is 0 Å². The molecular formula is C18H39IN4O. The average molecular weight is 454 g/mol. The van der Waals surface area contributed by atoms with Gasteiger partial charge in [0.15, 0.2) is 5.96 Å². The van der Waals surface area contributed by atoms with Crippen LogP contribution in [0.1, 0.15) is 46.5 Å². The molecule has 1 aliphatic heterocycles. The van der Waals surface area contributed by atoms with Gasteiger partial charge in [-0.1, -0.05) is 40.0 Å². The van der Waals surface area contributed by atoms with E-state index in [2.05, 4.69) is 41.3 Å². The zero-order valence-corrected chi connectivity index (χ0v) is 18.5. The first-order valence-electron chi connectivity index (χ1n) is 9.44. The number of hydrogen-bond acceptors (Lipinski definition) is 3. The summed E-state index contributed by atoms with van der Waals surface area (Å²) >= 11 is 0. The second kappa shape index (κ2) is 15.2. The first-order valence-corrected chi connectivity index (χ1v) is 9.44. The van der Waals surface area contributed by atoms with Gasteiger partial charge < -0.3 is 15.4 Å². The van der Waals surface area contributed by atoms with Crippen LogP contribution in [0.25, 0.3) is 0 Å². The Morgan fingerprint density at radius 1 is 1.17 bits per heavy atom. The maximum absolute atomic E-state index is 5.40. The highest BCUT2D eigenvalue weighted by Crippen LogP contribution is 2.11. The largest absolute Gasteiger partial charge is 0.379 e. The van der Waals surface area contributed by atoms with E-state index < -0.39 is 0 Å². The third-order valence-corrected chi connectivity index (χ3v) is 4.62. The second-order valence-corrected chi connectivity index (χ2v) is 6.77. The van der Waals surface area contributed by atoms with Gasteiger partial charge in [0.2, 0.25) is 0 Å². The molecule has 0 saturated carbocycles. The van der Waals surface area contributed by atoms with Gasteiger partial charge in [0.05, 0.1) is 13.2 Å². The van der Waals surface area contributed by atoms with Crippen LogP contribution in [0, 0.1) is 11.8 Å². The average Bonchev–Trinajstić information content (AvgIpc) is 2.58. The zero-order valence-electron chi connectivity index (χ0n) is 16.1. The molecule has 1 aliphatic rings. The van der Waals surface area contributed by atoms with E-state index in [1.54, 1.807) is 0 Å². The van der Waals surface area contributed by atoms with Gasteiger partial charge >= 0.3 is 0 Å². The Morgan fingerprint density at radius 2 is 1.83 bits per heavy atom. The molecular weight excluding hydrogens is 415 g/mol. The second-order valence-electron chi connectivity index (χ2n) is 6.77. The molecule has 24 heavy (non-hydrogen) atoms. The molecule has 1 fully saturated rings. The molecule has 0 amide bonds. The van der Waals surface area contributed by atoms with Gasteiger partial charge in [0, 0.05) is 39.8 Å². The van der Waals surface area contributed by atoms with Crippen molar-refractivity contribution in [1.82, 2.24) is 15.5 Å². The summed E-state index contributed by atoms with van der Waals surface area (Å²) in [4.78, 5) is 6.84. The molecule has 0 radical (unpaired) electrons. The fourth-order valence-electron chi connectivity index (χ4n) is 2.96. The summed E-state index contributed by atoms with van der Waals surface area (Å²) in [6, 6.07) is 0. The SMILES string of the molecule is CCCCC(CC)CNC(=NC)NCC(C)CN1CCOCC1.I. The van der Waals surface area contributed by atoms with E-state index in [1.165, 1.54) is 25.7 Å². The van der Waals surface area contributed by atoms with E-state index in [0.717, 1.165) is 57.8 Å². The lowest BCUT2D eigenvalue weighted by Crippen LogP contribution is -2.44. The predicted octanol–water partition coefficient (Wildman–Crippen LogP) is 2.95. The minimum absolute atomic E-state index is 0. The summed E-state index contributed by atoms with van der Waals surface area (Å²) in [5.74, 6) is 2.29. The maximum atomic E-state index is 5.40. The molecule has 0 aromatic heterocycles. The molecule has 2 atom stereocenters. The van der Waals surface area contributed by atoms with Gasteiger partial charge in [-0.2, -0.15) is 0 Å². The molecule has 5 nitrogen and oxygen atoms in total. The lowest BCUT2D eigenvalue weighted by molar-refractivity contribution is 0.0320. The molecule has 0 aliphatic carbocycles. The first-order chi connectivity index (χ1) is 11.2. The third-order valence-electron chi connectivity index (χ3n) is 4.62. The quantitative estimate of drug-likeness (QED) is 0.303. The third kappa shape index (κ3) is 10.7. The minimum Gasteiger partial charge on any atom is -0.379 e. The highest BCUT2D eigenvalue weighted by Gasteiger charge is 2.14. The molecule has 0 aromatic rings. The lowest BCUT2D eigenvalue weighted by atomic mass is 9.99. The van der Waals surface area contributed by atoms with Gasteiger partial charge in [-0.3, -0.25) is 9.89 Å². The van der Waals surface area contributed by atoms with Gasteiger partial charge in [0.1, 0.15) is 0 Å². The number of unbranched alkanes of at least 4 members (excludes halogenated alkanes) is 1. The van der Waals surface area contributed by atoms with Crippen LogP contribution in [0.3, 0.4) is 0 Å². The van der Waals surface area contributed by atoms with Crippen LogP contribution >= 0.6 is 24.0 Å². The Balaban J connectivity index is 0.00000529. The summed E-state index contributed by atoms with van der Waals surface area (Å²) in [7, 11) is 1.86. The molecule has 2 N–H and O–H groups in total. The highest BCUT2D eigenvalue weighted by atomic mass is 127. The lowest BCUT2D eigenvalue weighted by Gasteiger charge is -2.29. The molecule has 144 valence electrons. The number of nitrogens with one attached hydrogen (secondary N) is 2. The Bertz CT molecular complexity index is 322. The predicted molar refractivity (Wildman–Crippen MR) is 115 cm³/mol. The Morgan fingerprint density at radius 3 is 2.42 bits per heavy atom. The number of guanidine groups is 1. The van der Waals surface area contributed by atoms with Crippen molar-refractivity contribution in [3.05, 3.63) is 0 Å². The van der Waals surface area contributed by atoms with Crippen molar-refractivity contribution in [1.29, 1.82) is 0 Å². The topological polar surface area (TPSA) is 48.9 Å². The normalized spacial score (nSPS) is 18.6. The maximum Gasteiger partial charge on any atom is 0.190 e. The van der Waals surface area contributed by atoms with Crippen LogP contribution in [0.15, 0.2) is 4.99 Å². The van der Waals surface area contributed by atoms with Crippen LogP contribution in [-0.4, -0.2) is 63.8 Å². The van der Waals surface area contributed by atoms with Crippen LogP contribution in [0.5, 0.6) is 0 Å². The summed E-state index contributed by atoms with van der Waals surface area (Å²) in [6.07, 6.45) is 5.15.